The average molecular weight is 417 g/mol. The smallest absolute Gasteiger partial charge is 0.207 e. The number of allylic oxidation sites excluding steroid dienone is 1. The second-order valence-electron chi connectivity index (χ2n) is 5.18. The van der Waals surface area contributed by atoms with Crippen LogP contribution in [0.15, 0.2) is 51.5 Å². The van der Waals surface area contributed by atoms with E-state index in [-0.39, 0.29) is 6.04 Å². The minimum Gasteiger partial charge on any atom is -0.207 e. The molecule has 21 heavy (non-hydrogen) atoms. The number of nitrogens with zero attached hydrogens (tertiary/aromatic N) is 1. The molecule has 0 heterocycles. The van der Waals surface area contributed by atoms with Crippen LogP contribution in [0.3, 0.4) is 0 Å². The number of benzene rings is 1. The Morgan fingerprint density at radius 2 is 2.05 bits per heavy atom. The van der Waals surface area contributed by atoms with Gasteiger partial charge in [-0.05, 0) is 42.4 Å². The third-order valence-corrected chi connectivity index (χ3v) is 6.01. The lowest BCUT2D eigenvalue weighted by atomic mass is 10.0. The summed E-state index contributed by atoms with van der Waals surface area (Å²) in [5, 5.41) is 0. The summed E-state index contributed by atoms with van der Waals surface area (Å²) in [6.07, 6.45) is 8.95. The summed E-state index contributed by atoms with van der Waals surface area (Å²) < 4.78 is 29.3. The van der Waals surface area contributed by atoms with Crippen LogP contribution < -0.4 is 0 Å². The molecule has 0 amide bonds. The molecule has 0 saturated carbocycles. The van der Waals surface area contributed by atoms with Crippen molar-refractivity contribution in [2.45, 2.75) is 37.1 Å². The number of hydrogen-bond donors (Lipinski definition) is 0. The summed E-state index contributed by atoms with van der Waals surface area (Å²) in [6, 6.07) is 7.03. The maximum absolute atomic E-state index is 12.9. The van der Waals surface area contributed by atoms with E-state index in [0.717, 1.165) is 24.8 Å². The third-order valence-electron chi connectivity index (χ3n) is 3.60. The molecule has 1 aliphatic carbocycles. The number of halogens is 1. The fourth-order valence-corrected chi connectivity index (χ4v) is 4.23. The summed E-state index contributed by atoms with van der Waals surface area (Å²) in [7, 11) is -3.46. The Kier molecular flexibility index (Phi) is 6.01. The van der Waals surface area contributed by atoms with Crippen molar-refractivity contribution in [1.82, 2.24) is 4.31 Å². The standard InChI is InChI=1S/C16H20INO2S/c1-14-8-10-16(11-9-14)21(19,20)18(13-5-12-17)15-6-3-2-4-7-15/h3,5-6,8-12,15H,2,4,7,13H2,1H3/b12-5+. The van der Waals surface area contributed by atoms with E-state index in [2.05, 4.69) is 28.7 Å². The van der Waals surface area contributed by atoms with Crippen molar-refractivity contribution in [3.05, 3.63) is 52.1 Å². The van der Waals surface area contributed by atoms with E-state index in [1.165, 1.54) is 0 Å². The van der Waals surface area contributed by atoms with Crippen LogP contribution in [0.1, 0.15) is 24.8 Å². The molecule has 1 aromatic carbocycles. The van der Waals surface area contributed by atoms with Crippen molar-refractivity contribution < 1.29 is 8.42 Å². The minimum absolute atomic E-state index is 0.0438. The van der Waals surface area contributed by atoms with Gasteiger partial charge in [-0.2, -0.15) is 4.31 Å². The van der Waals surface area contributed by atoms with Gasteiger partial charge in [0, 0.05) is 12.6 Å². The van der Waals surface area contributed by atoms with Gasteiger partial charge >= 0.3 is 0 Å². The van der Waals surface area contributed by atoms with Crippen molar-refractivity contribution in [3.63, 3.8) is 0 Å². The first-order valence-electron chi connectivity index (χ1n) is 7.06. The SMILES string of the molecule is Cc1ccc(S(=O)(=O)N(C/C=C/I)C2C=CCCC2)cc1. The summed E-state index contributed by atoms with van der Waals surface area (Å²) in [6.45, 7) is 2.37. The Hall–Kier alpha value is -0.660. The molecule has 0 radical (unpaired) electrons. The average Bonchev–Trinajstić information content (AvgIpc) is 2.49. The molecule has 0 fully saturated rings. The predicted molar refractivity (Wildman–Crippen MR) is 95.0 cm³/mol. The van der Waals surface area contributed by atoms with Gasteiger partial charge in [0.1, 0.15) is 0 Å². The molecule has 0 N–H and O–H groups in total. The van der Waals surface area contributed by atoms with Gasteiger partial charge in [-0.15, -0.1) is 0 Å². The number of sulfonamides is 1. The number of rotatable bonds is 5. The molecule has 0 aromatic heterocycles. The maximum atomic E-state index is 12.9. The highest BCUT2D eigenvalue weighted by atomic mass is 127. The molecule has 0 saturated heterocycles. The van der Waals surface area contributed by atoms with Crippen molar-refractivity contribution in [1.29, 1.82) is 0 Å². The summed E-state index contributed by atoms with van der Waals surface area (Å²) in [5.74, 6) is 0. The second-order valence-corrected chi connectivity index (χ2v) is 7.79. The predicted octanol–water partition coefficient (Wildman–Crippen LogP) is 4.04. The van der Waals surface area contributed by atoms with Crippen LogP contribution >= 0.6 is 22.6 Å². The molecule has 0 spiro atoms. The van der Waals surface area contributed by atoms with Crippen LogP contribution in [0, 0.1) is 6.92 Å². The maximum Gasteiger partial charge on any atom is 0.243 e. The first kappa shape index (κ1) is 16.7. The lowest BCUT2D eigenvalue weighted by Gasteiger charge is -2.29. The Balaban J connectivity index is 2.36. The molecule has 1 unspecified atom stereocenters. The van der Waals surface area contributed by atoms with E-state index < -0.39 is 10.0 Å². The number of aryl methyl sites for hydroxylation is 1. The minimum atomic E-state index is -3.46. The Morgan fingerprint density at radius 3 is 2.62 bits per heavy atom. The van der Waals surface area contributed by atoms with E-state index in [1.807, 2.05) is 35.3 Å². The van der Waals surface area contributed by atoms with Crippen molar-refractivity contribution in [2.75, 3.05) is 6.54 Å². The topological polar surface area (TPSA) is 37.4 Å². The third kappa shape index (κ3) is 4.17. The largest absolute Gasteiger partial charge is 0.243 e. The normalized spacial score (nSPS) is 19.5. The van der Waals surface area contributed by atoms with Gasteiger partial charge in [0.15, 0.2) is 0 Å². The molecule has 1 atom stereocenters. The zero-order valence-corrected chi connectivity index (χ0v) is 15.0. The fourth-order valence-electron chi connectivity index (χ4n) is 2.44. The van der Waals surface area contributed by atoms with Gasteiger partial charge in [-0.25, -0.2) is 8.42 Å². The molecule has 0 aliphatic heterocycles. The summed E-state index contributed by atoms with van der Waals surface area (Å²) >= 11 is 2.12. The van der Waals surface area contributed by atoms with Gasteiger partial charge in [0.2, 0.25) is 10.0 Å². The molecule has 1 aromatic rings. The fraction of sp³-hybridized carbons (Fsp3) is 0.375. The van der Waals surface area contributed by atoms with E-state index in [9.17, 15) is 8.42 Å². The second kappa shape index (κ2) is 7.56. The Bertz CT molecular complexity index is 620. The molecule has 1 aliphatic rings. The molecule has 5 heteroatoms. The first-order valence-corrected chi connectivity index (χ1v) is 9.74. The lowest BCUT2D eigenvalue weighted by molar-refractivity contribution is 0.361. The molecular weight excluding hydrogens is 397 g/mol. The summed E-state index contributed by atoms with van der Waals surface area (Å²) in [4.78, 5) is 0.369. The molecule has 0 bridgehead atoms. The van der Waals surface area contributed by atoms with Crippen LogP contribution in [0.5, 0.6) is 0 Å². The van der Waals surface area contributed by atoms with E-state index in [4.69, 9.17) is 0 Å². The molecule has 114 valence electrons. The van der Waals surface area contributed by atoms with Crippen LogP contribution in [-0.2, 0) is 10.0 Å². The van der Waals surface area contributed by atoms with Crippen LogP contribution in [0.25, 0.3) is 0 Å². The first-order chi connectivity index (χ1) is 10.1. The van der Waals surface area contributed by atoms with Gasteiger partial charge in [0.05, 0.1) is 4.90 Å². The molecule has 3 nitrogen and oxygen atoms in total. The Morgan fingerprint density at radius 1 is 1.33 bits per heavy atom. The Labute approximate surface area is 140 Å². The van der Waals surface area contributed by atoms with Gasteiger partial charge in [-0.3, -0.25) is 0 Å². The van der Waals surface area contributed by atoms with Crippen molar-refractivity contribution >= 4 is 32.6 Å². The quantitative estimate of drug-likeness (QED) is 0.536. The van der Waals surface area contributed by atoms with Crippen molar-refractivity contribution in [3.8, 4) is 0 Å². The van der Waals surface area contributed by atoms with Crippen molar-refractivity contribution in [2.24, 2.45) is 0 Å². The van der Waals surface area contributed by atoms with Gasteiger partial charge < -0.3 is 0 Å². The molecular formula is C16H20INO2S. The van der Waals surface area contributed by atoms with Gasteiger partial charge in [-0.1, -0.05) is 58.5 Å². The number of hydrogen-bond acceptors (Lipinski definition) is 2. The molecule has 2 rings (SSSR count). The van der Waals surface area contributed by atoms with Crippen LogP contribution in [-0.4, -0.2) is 25.3 Å². The van der Waals surface area contributed by atoms with Crippen LogP contribution in [0.4, 0.5) is 0 Å². The summed E-state index contributed by atoms with van der Waals surface area (Å²) in [5.41, 5.74) is 1.06. The van der Waals surface area contributed by atoms with E-state index >= 15 is 0 Å². The van der Waals surface area contributed by atoms with Gasteiger partial charge in [0.25, 0.3) is 0 Å². The monoisotopic (exact) mass is 417 g/mol. The van der Waals surface area contributed by atoms with E-state index in [0.29, 0.717) is 11.4 Å². The zero-order valence-electron chi connectivity index (χ0n) is 12.1. The highest BCUT2D eigenvalue weighted by Gasteiger charge is 2.29. The highest BCUT2D eigenvalue weighted by Crippen LogP contribution is 2.24. The zero-order chi connectivity index (χ0) is 15.3. The highest BCUT2D eigenvalue weighted by molar-refractivity contribution is 14.1. The lowest BCUT2D eigenvalue weighted by Crippen LogP contribution is -2.40. The van der Waals surface area contributed by atoms with Crippen LogP contribution in [0.2, 0.25) is 0 Å². The van der Waals surface area contributed by atoms with E-state index in [1.54, 1.807) is 16.4 Å².